The first-order valence-corrected chi connectivity index (χ1v) is 7.60. The molecule has 114 valence electrons. The van der Waals surface area contributed by atoms with Gasteiger partial charge in [0.05, 0.1) is 5.69 Å². The zero-order valence-corrected chi connectivity index (χ0v) is 13.1. The summed E-state index contributed by atoms with van der Waals surface area (Å²) in [5, 5.41) is 0. The highest BCUT2D eigenvalue weighted by molar-refractivity contribution is 5.33. The molecule has 0 spiro atoms. The van der Waals surface area contributed by atoms with E-state index in [4.69, 9.17) is 5.84 Å². The Kier molecular flexibility index (Phi) is 8.18. The topological polar surface area (TPSA) is 57.4 Å². The quantitative estimate of drug-likeness (QED) is 0.506. The Labute approximate surface area is 123 Å². The molecule has 1 rings (SSSR count). The third-order valence-electron chi connectivity index (χ3n) is 3.63. The van der Waals surface area contributed by atoms with Crippen LogP contribution in [0.1, 0.15) is 32.9 Å². The van der Waals surface area contributed by atoms with Gasteiger partial charge in [-0.2, -0.15) is 0 Å². The summed E-state index contributed by atoms with van der Waals surface area (Å²) < 4.78 is 0. The van der Waals surface area contributed by atoms with Gasteiger partial charge in [0.25, 0.3) is 0 Å². The first-order valence-electron chi connectivity index (χ1n) is 7.60. The van der Waals surface area contributed by atoms with Gasteiger partial charge in [0, 0.05) is 6.54 Å². The summed E-state index contributed by atoms with van der Waals surface area (Å²) in [5.74, 6) is 6.12. The van der Waals surface area contributed by atoms with E-state index in [0.29, 0.717) is 0 Å². The summed E-state index contributed by atoms with van der Waals surface area (Å²) in [6.07, 6.45) is 1.20. The molecule has 1 heterocycles. The average Bonchev–Trinajstić information content (AvgIpc) is 2.50. The van der Waals surface area contributed by atoms with Crippen LogP contribution >= 0.6 is 0 Å². The van der Waals surface area contributed by atoms with E-state index in [1.807, 2.05) is 18.2 Å². The van der Waals surface area contributed by atoms with Crippen molar-refractivity contribution in [1.82, 2.24) is 14.8 Å². The molecule has 0 saturated carbocycles. The highest BCUT2D eigenvalue weighted by atomic mass is 15.3. The van der Waals surface area contributed by atoms with Crippen molar-refractivity contribution in [1.29, 1.82) is 0 Å². The number of aromatic nitrogens is 1. The Morgan fingerprint density at radius 1 is 1.05 bits per heavy atom. The zero-order valence-electron chi connectivity index (χ0n) is 13.1. The van der Waals surface area contributed by atoms with E-state index in [9.17, 15) is 0 Å². The molecule has 0 unspecified atom stereocenters. The number of nitrogens with two attached hydrogens (primary N) is 1. The molecule has 5 nitrogen and oxygen atoms in total. The molecule has 3 N–H and O–H groups in total. The van der Waals surface area contributed by atoms with Crippen LogP contribution in [0.25, 0.3) is 0 Å². The molecule has 5 heteroatoms. The number of anilines is 1. The maximum atomic E-state index is 5.39. The predicted molar refractivity (Wildman–Crippen MR) is 85.4 cm³/mol. The number of hydrazine groups is 1. The summed E-state index contributed by atoms with van der Waals surface area (Å²) >= 11 is 0. The maximum Gasteiger partial charge on any atom is 0.140 e. The SMILES string of the molecule is CCN(CC)CCCN(CC)Cc1cccc(NN)n1. The second-order valence-corrected chi connectivity index (χ2v) is 4.91. The first kappa shape index (κ1) is 16.9. The zero-order chi connectivity index (χ0) is 14.8. The third-order valence-corrected chi connectivity index (χ3v) is 3.63. The molecule has 0 aliphatic rings. The number of nitrogens with one attached hydrogen (secondary N) is 1. The van der Waals surface area contributed by atoms with E-state index < -0.39 is 0 Å². The van der Waals surface area contributed by atoms with Crippen LogP contribution in [-0.2, 0) is 6.54 Å². The fourth-order valence-electron chi connectivity index (χ4n) is 2.28. The van der Waals surface area contributed by atoms with Gasteiger partial charge < -0.3 is 10.3 Å². The molecule has 1 aromatic heterocycles. The van der Waals surface area contributed by atoms with Crippen molar-refractivity contribution in [2.24, 2.45) is 5.84 Å². The monoisotopic (exact) mass is 279 g/mol. The summed E-state index contributed by atoms with van der Waals surface area (Å²) in [6, 6.07) is 5.91. The van der Waals surface area contributed by atoms with Gasteiger partial charge in [-0.15, -0.1) is 0 Å². The lowest BCUT2D eigenvalue weighted by atomic mass is 10.3. The van der Waals surface area contributed by atoms with Crippen molar-refractivity contribution >= 4 is 5.82 Å². The third kappa shape index (κ3) is 5.86. The molecule has 0 aromatic carbocycles. The maximum absolute atomic E-state index is 5.39. The second kappa shape index (κ2) is 9.69. The Morgan fingerprint density at radius 2 is 1.70 bits per heavy atom. The van der Waals surface area contributed by atoms with Crippen LogP contribution in [-0.4, -0.2) is 47.5 Å². The van der Waals surface area contributed by atoms with Crippen LogP contribution < -0.4 is 11.3 Å². The van der Waals surface area contributed by atoms with Gasteiger partial charge in [-0.3, -0.25) is 4.90 Å². The first-order chi connectivity index (χ1) is 9.73. The highest BCUT2D eigenvalue weighted by Gasteiger charge is 2.06. The summed E-state index contributed by atoms with van der Waals surface area (Å²) in [5.41, 5.74) is 3.66. The van der Waals surface area contributed by atoms with Crippen molar-refractivity contribution in [3.05, 3.63) is 23.9 Å². The van der Waals surface area contributed by atoms with E-state index in [1.165, 1.54) is 13.0 Å². The van der Waals surface area contributed by atoms with Gasteiger partial charge in [0.1, 0.15) is 5.82 Å². The molecule has 0 aliphatic heterocycles. The molecule has 0 amide bonds. The van der Waals surface area contributed by atoms with Crippen molar-refractivity contribution in [3.63, 3.8) is 0 Å². The van der Waals surface area contributed by atoms with E-state index in [0.717, 1.165) is 44.2 Å². The molecule has 0 radical (unpaired) electrons. The number of hydrogen-bond acceptors (Lipinski definition) is 5. The molecular formula is C15H29N5. The number of pyridine rings is 1. The van der Waals surface area contributed by atoms with E-state index in [-0.39, 0.29) is 0 Å². The number of rotatable bonds is 10. The van der Waals surface area contributed by atoms with Gasteiger partial charge in [0.2, 0.25) is 0 Å². The van der Waals surface area contributed by atoms with E-state index >= 15 is 0 Å². The van der Waals surface area contributed by atoms with Gasteiger partial charge in [-0.1, -0.05) is 26.8 Å². The van der Waals surface area contributed by atoms with Gasteiger partial charge in [0.15, 0.2) is 0 Å². The normalized spacial score (nSPS) is 11.3. The Hall–Kier alpha value is -1.17. The van der Waals surface area contributed by atoms with Crippen molar-refractivity contribution in [2.45, 2.75) is 33.7 Å². The Balaban J connectivity index is 2.42. The van der Waals surface area contributed by atoms with Crippen LogP contribution in [0.15, 0.2) is 18.2 Å². The lowest BCUT2D eigenvalue weighted by molar-refractivity contribution is 0.237. The van der Waals surface area contributed by atoms with Crippen molar-refractivity contribution < 1.29 is 0 Å². The predicted octanol–water partition coefficient (Wildman–Crippen LogP) is 1.92. The van der Waals surface area contributed by atoms with Crippen molar-refractivity contribution in [3.8, 4) is 0 Å². The minimum Gasteiger partial charge on any atom is -0.308 e. The molecule has 0 atom stereocenters. The largest absolute Gasteiger partial charge is 0.308 e. The van der Waals surface area contributed by atoms with Crippen molar-refractivity contribution in [2.75, 3.05) is 38.1 Å². The van der Waals surface area contributed by atoms with Crippen LogP contribution in [0.5, 0.6) is 0 Å². The molecule has 1 aromatic rings. The van der Waals surface area contributed by atoms with E-state index in [2.05, 4.69) is 41.0 Å². The number of hydrogen-bond donors (Lipinski definition) is 2. The summed E-state index contributed by atoms with van der Waals surface area (Å²) in [4.78, 5) is 9.35. The molecule has 0 saturated heterocycles. The second-order valence-electron chi connectivity index (χ2n) is 4.91. The minimum atomic E-state index is 0.724. The van der Waals surface area contributed by atoms with Crippen LogP contribution in [0.2, 0.25) is 0 Å². The summed E-state index contributed by atoms with van der Waals surface area (Å²) in [7, 11) is 0. The van der Waals surface area contributed by atoms with Gasteiger partial charge >= 0.3 is 0 Å². The summed E-state index contributed by atoms with van der Waals surface area (Å²) in [6.45, 7) is 13.1. The lowest BCUT2D eigenvalue weighted by Crippen LogP contribution is -2.30. The van der Waals surface area contributed by atoms with Crippen LogP contribution in [0.3, 0.4) is 0 Å². The fourth-order valence-corrected chi connectivity index (χ4v) is 2.28. The number of nitrogen functional groups attached to an aromatic ring is 1. The van der Waals surface area contributed by atoms with Gasteiger partial charge in [-0.25, -0.2) is 10.8 Å². The molecule has 0 fully saturated rings. The lowest BCUT2D eigenvalue weighted by Gasteiger charge is -2.23. The van der Waals surface area contributed by atoms with E-state index in [1.54, 1.807) is 0 Å². The molecule has 0 aliphatic carbocycles. The van der Waals surface area contributed by atoms with Crippen LogP contribution in [0, 0.1) is 0 Å². The standard InChI is InChI=1S/C15H29N5/c1-4-19(5-2)11-8-12-20(6-3)13-14-9-7-10-15(17-14)18-16/h7,9-10H,4-6,8,11-13,16H2,1-3H3,(H,17,18). The highest BCUT2D eigenvalue weighted by Crippen LogP contribution is 2.07. The Bertz CT molecular complexity index is 365. The number of nitrogens with zero attached hydrogens (tertiary/aromatic N) is 3. The van der Waals surface area contributed by atoms with Crippen LogP contribution in [0.4, 0.5) is 5.82 Å². The molecule has 0 bridgehead atoms. The fraction of sp³-hybridized carbons (Fsp3) is 0.667. The molecule has 20 heavy (non-hydrogen) atoms. The molecular weight excluding hydrogens is 250 g/mol. The van der Waals surface area contributed by atoms with Gasteiger partial charge in [-0.05, 0) is 51.3 Å². The smallest absolute Gasteiger partial charge is 0.140 e. The minimum absolute atomic E-state index is 0.724. The average molecular weight is 279 g/mol. The Morgan fingerprint density at radius 3 is 2.30 bits per heavy atom.